The number of rotatable bonds is 8. The van der Waals surface area contributed by atoms with Crippen LogP contribution < -0.4 is 10.2 Å². The molecule has 0 aromatic heterocycles. The molecule has 1 aliphatic heterocycles. The molecule has 0 atom stereocenters. The van der Waals surface area contributed by atoms with Crippen molar-refractivity contribution in [2.45, 2.75) is 65.2 Å². The van der Waals surface area contributed by atoms with Crippen molar-refractivity contribution in [2.24, 2.45) is 11.8 Å². The molecule has 2 aliphatic rings. The van der Waals surface area contributed by atoms with Crippen LogP contribution in [0.1, 0.15) is 65.2 Å². The first-order valence-electron chi connectivity index (χ1n) is 11.5. The van der Waals surface area contributed by atoms with E-state index < -0.39 is 0 Å². The molecule has 1 aromatic rings. The zero-order chi connectivity index (χ0) is 20.6. The van der Waals surface area contributed by atoms with E-state index in [9.17, 15) is 9.59 Å². The van der Waals surface area contributed by atoms with Gasteiger partial charge in [0.15, 0.2) is 0 Å². The van der Waals surface area contributed by atoms with Crippen molar-refractivity contribution >= 4 is 23.2 Å². The normalized spacial score (nSPS) is 17.8. The van der Waals surface area contributed by atoms with Gasteiger partial charge in [0.25, 0.3) is 0 Å². The molecule has 1 saturated heterocycles. The van der Waals surface area contributed by atoms with E-state index in [1.165, 1.54) is 25.7 Å². The minimum absolute atomic E-state index is 0.123. The quantitative estimate of drug-likeness (QED) is 0.690. The fourth-order valence-electron chi connectivity index (χ4n) is 4.69. The van der Waals surface area contributed by atoms with Gasteiger partial charge >= 0.3 is 0 Å². The molecule has 1 heterocycles. The summed E-state index contributed by atoms with van der Waals surface area (Å²) in [6, 6.07) is 8.13. The van der Waals surface area contributed by atoms with Crippen LogP contribution in [0, 0.1) is 11.8 Å². The van der Waals surface area contributed by atoms with Crippen molar-refractivity contribution in [3.05, 3.63) is 24.3 Å². The first kappa shape index (κ1) is 21.7. The monoisotopic (exact) mass is 399 g/mol. The van der Waals surface area contributed by atoms with Crippen molar-refractivity contribution in [3.8, 4) is 0 Å². The fourth-order valence-corrected chi connectivity index (χ4v) is 4.69. The van der Waals surface area contributed by atoms with Crippen LogP contribution in [0.3, 0.4) is 0 Å². The molecular weight excluding hydrogens is 362 g/mol. The Bertz CT molecular complexity index is 655. The Morgan fingerprint density at radius 1 is 1.00 bits per heavy atom. The van der Waals surface area contributed by atoms with Gasteiger partial charge in [-0.15, -0.1) is 0 Å². The molecule has 1 aromatic carbocycles. The molecule has 1 saturated carbocycles. The van der Waals surface area contributed by atoms with Gasteiger partial charge in [-0.05, 0) is 49.4 Å². The second-order valence-corrected chi connectivity index (χ2v) is 8.61. The van der Waals surface area contributed by atoms with E-state index in [2.05, 4.69) is 36.2 Å². The Morgan fingerprint density at radius 2 is 1.62 bits per heavy atom. The lowest BCUT2D eigenvalue weighted by Gasteiger charge is -2.37. The molecule has 0 bridgehead atoms. The summed E-state index contributed by atoms with van der Waals surface area (Å²) >= 11 is 0. The first-order valence-corrected chi connectivity index (χ1v) is 11.5. The lowest BCUT2D eigenvalue weighted by molar-refractivity contribution is -0.136. The summed E-state index contributed by atoms with van der Waals surface area (Å²) in [5.74, 6) is 1.35. The van der Waals surface area contributed by atoms with Crippen LogP contribution in [0.15, 0.2) is 24.3 Å². The third-order valence-corrected chi connectivity index (χ3v) is 6.70. The van der Waals surface area contributed by atoms with Gasteiger partial charge in [0, 0.05) is 49.9 Å². The summed E-state index contributed by atoms with van der Waals surface area (Å²) in [7, 11) is 0. The van der Waals surface area contributed by atoms with Crippen molar-refractivity contribution in [2.75, 3.05) is 36.4 Å². The van der Waals surface area contributed by atoms with Gasteiger partial charge in [-0.25, -0.2) is 0 Å². The number of carbonyl (C=O) groups excluding carboxylic acids is 2. The van der Waals surface area contributed by atoms with Crippen LogP contribution in [0.2, 0.25) is 0 Å². The van der Waals surface area contributed by atoms with Crippen molar-refractivity contribution in [1.29, 1.82) is 0 Å². The number of nitrogens with zero attached hydrogens (tertiary/aromatic N) is 2. The summed E-state index contributed by atoms with van der Waals surface area (Å²) in [5, 5.41) is 3.03. The molecular formula is C24H37N3O2. The van der Waals surface area contributed by atoms with Gasteiger partial charge in [-0.3, -0.25) is 9.59 Å². The molecule has 1 aliphatic carbocycles. The van der Waals surface area contributed by atoms with E-state index in [1.807, 2.05) is 17.0 Å². The molecule has 3 rings (SSSR count). The standard InChI is InChI=1S/C24H37N3O2/c1-3-20(4-2)24(29)27-17-15-26(16-18-27)22-12-10-21(11-13-22)25-23(28)14-9-19-7-5-6-8-19/h10-13,19-20H,3-9,14-18H2,1-2H3,(H,25,28). The number of hydrogen-bond donors (Lipinski definition) is 1. The third-order valence-electron chi connectivity index (χ3n) is 6.70. The van der Waals surface area contributed by atoms with E-state index in [0.29, 0.717) is 12.3 Å². The van der Waals surface area contributed by atoms with E-state index in [-0.39, 0.29) is 11.8 Å². The zero-order valence-corrected chi connectivity index (χ0v) is 18.2. The second-order valence-electron chi connectivity index (χ2n) is 8.61. The average molecular weight is 400 g/mol. The number of anilines is 2. The van der Waals surface area contributed by atoms with Gasteiger partial charge in [-0.1, -0.05) is 39.5 Å². The fraction of sp³-hybridized carbons (Fsp3) is 0.667. The maximum Gasteiger partial charge on any atom is 0.225 e. The van der Waals surface area contributed by atoms with Crippen LogP contribution in [0.4, 0.5) is 11.4 Å². The van der Waals surface area contributed by atoms with E-state index in [1.54, 1.807) is 0 Å². The Labute approximate surface area is 175 Å². The summed E-state index contributed by atoms with van der Waals surface area (Å²) in [4.78, 5) is 29.1. The minimum atomic E-state index is 0.123. The second kappa shape index (κ2) is 10.7. The molecule has 5 nitrogen and oxygen atoms in total. The van der Waals surface area contributed by atoms with Crippen LogP contribution in [0.5, 0.6) is 0 Å². The molecule has 0 spiro atoms. The van der Waals surface area contributed by atoms with Crippen molar-refractivity contribution in [3.63, 3.8) is 0 Å². The molecule has 5 heteroatoms. The van der Waals surface area contributed by atoms with Crippen molar-refractivity contribution < 1.29 is 9.59 Å². The summed E-state index contributed by atoms with van der Waals surface area (Å²) in [6.07, 6.45) is 8.72. The predicted octanol–water partition coefficient (Wildman–Crippen LogP) is 4.68. The summed E-state index contributed by atoms with van der Waals surface area (Å²) in [6.45, 7) is 7.48. The third kappa shape index (κ3) is 5.97. The van der Waals surface area contributed by atoms with Crippen LogP contribution in [-0.4, -0.2) is 42.9 Å². The molecule has 29 heavy (non-hydrogen) atoms. The zero-order valence-electron chi connectivity index (χ0n) is 18.2. The summed E-state index contributed by atoms with van der Waals surface area (Å²) < 4.78 is 0. The number of benzene rings is 1. The molecule has 1 N–H and O–H groups in total. The highest BCUT2D eigenvalue weighted by atomic mass is 16.2. The number of piperazine rings is 1. The topological polar surface area (TPSA) is 52.7 Å². The molecule has 2 amide bonds. The lowest BCUT2D eigenvalue weighted by atomic mass is 10.0. The Morgan fingerprint density at radius 3 is 2.21 bits per heavy atom. The van der Waals surface area contributed by atoms with Gasteiger partial charge < -0.3 is 15.1 Å². The SMILES string of the molecule is CCC(CC)C(=O)N1CCN(c2ccc(NC(=O)CCC3CCCC3)cc2)CC1. The number of carbonyl (C=O) groups is 2. The summed E-state index contributed by atoms with van der Waals surface area (Å²) in [5.41, 5.74) is 2.02. The van der Waals surface area contributed by atoms with Crippen LogP contribution in [0.25, 0.3) is 0 Å². The highest BCUT2D eigenvalue weighted by molar-refractivity contribution is 5.90. The highest BCUT2D eigenvalue weighted by Crippen LogP contribution is 2.28. The Kier molecular flexibility index (Phi) is 7.96. The van der Waals surface area contributed by atoms with Gasteiger partial charge in [0.2, 0.25) is 11.8 Å². The van der Waals surface area contributed by atoms with E-state index in [4.69, 9.17) is 0 Å². The van der Waals surface area contributed by atoms with Crippen molar-refractivity contribution in [1.82, 2.24) is 4.90 Å². The largest absolute Gasteiger partial charge is 0.368 e. The maximum atomic E-state index is 12.6. The first-order chi connectivity index (χ1) is 14.1. The Hall–Kier alpha value is -2.04. The number of nitrogens with one attached hydrogen (secondary N) is 1. The number of amides is 2. The van der Waals surface area contributed by atoms with Gasteiger partial charge in [-0.2, -0.15) is 0 Å². The van der Waals surface area contributed by atoms with Gasteiger partial charge in [0.05, 0.1) is 0 Å². The van der Waals surface area contributed by atoms with Crippen LogP contribution in [-0.2, 0) is 9.59 Å². The lowest BCUT2D eigenvalue weighted by Crippen LogP contribution is -2.50. The Balaban J connectivity index is 1.44. The molecule has 160 valence electrons. The molecule has 0 radical (unpaired) electrons. The van der Waals surface area contributed by atoms with Crippen LogP contribution >= 0.6 is 0 Å². The predicted molar refractivity (Wildman–Crippen MR) is 119 cm³/mol. The van der Waals surface area contributed by atoms with E-state index >= 15 is 0 Å². The maximum absolute atomic E-state index is 12.6. The average Bonchev–Trinajstić information content (AvgIpc) is 3.27. The smallest absolute Gasteiger partial charge is 0.225 e. The number of hydrogen-bond acceptors (Lipinski definition) is 3. The minimum Gasteiger partial charge on any atom is -0.368 e. The molecule has 0 unspecified atom stereocenters. The highest BCUT2D eigenvalue weighted by Gasteiger charge is 2.25. The van der Waals surface area contributed by atoms with Gasteiger partial charge in [0.1, 0.15) is 0 Å². The van der Waals surface area contributed by atoms with E-state index in [0.717, 1.165) is 62.7 Å². The molecule has 2 fully saturated rings.